The van der Waals surface area contributed by atoms with E-state index in [9.17, 15) is 0 Å². The molecule has 0 atom stereocenters. The minimum Gasteiger partial charge on any atom is -0.359 e. The van der Waals surface area contributed by atoms with Gasteiger partial charge in [0.2, 0.25) is 5.95 Å². The van der Waals surface area contributed by atoms with Gasteiger partial charge in [-0.05, 0) is 26.2 Å². The summed E-state index contributed by atoms with van der Waals surface area (Å²) in [5.41, 5.74) is 1.12. The summed E-state index contributed by atoms with van der Waals surface area (Å²) in [5, 5.41) is 3.15. The highest BCUT2D eigenvalue weighted by Crippen LogP contribution is 2.17. The molecule has 17 heavy (non-hydrogen) atoms. The zero-order chi connectivity index (χ0) is 12.8. The van der Waals surface area contributed by atoms with E-state index in [1.54, 1.807) is 0 Å². The third-order valence-electron chi connectivity index (χ3n) is 2.68. The Hall–Kier alpha value is -1.32. The average molecular weight is 236 g/mol. The lowest BCUT2D eigenvalue weighted by molar-refractivity contribution is 0.583. The molecule has 1 rings (SSSR count). The summed E-state index contributed by atoms with van der Waals surface area (Å²) in [4.78, 5) is 11.0. The number of nitrogens with zero attached hydrogens (tertiary/aromatic N) is 3. The summed E-state index contributed by atoms with van der Waals surface area (Å²) in [5.74, 6) is 2.45. The number of aryl methyl sites for hydroxylation is 1. The Labute approximate surface area is 104 Å². The minimum absolute atomic E-state index is 0.712. The fourth-order valence-electron chi connectivity index (χ4n) is 1.62. The SMILES string of the molecule is CCNc1ncc(C)c(N(C)CCC(C)C)n1. The smallest absolute Gasteiger partial charge is 0.224 e. The van der Waals surface area contributed by atoms with Gasteiger partial charge >= 0.3 is 0 Å². The first-order valence-electron chi connectivity index (χ1n) is 6.33. The molecule has 1 aromatic rings. The van der Waals surface area contributed by atoms with Crippen molar-refractivity contribution in [3.05, 3.63) is 11.8 Å². The number of hydrogen-bond acceptors (Lipinski definition) is 4. The first kappa shape index (κ1) is 13.7. The molecule has 0 radical (unpaired) electrons. The average Bonchev–Trinajstić information content (AvgIpc) is 2.29. The molecule has 0 spiro atoms. The van der Waals surface area contributed by atoms with Crippen LogP contribution in [0, 0.1) is 12.8 Å². The molecule has 0 aliphatic rings. The second-order valence-corrected chi connectivity index (χ2v) is 4.83. The quantitative estimate of drug-likeness (QED) is 0.824. The summed E-state index contributed by atoms with van der Waals surface area (Å²) in [6.07, 6.45) is 3.06. The molecule has 0 unspecified atom stereocenters. The Morgan fingerprint density at radius 1 is 1.41 bits per heavy atom. The maximum atomic E-state index is 4.54. The van der Waals surface area contributed by atoms with E-state index in [0.29, 0.717) is 11.9 Å². The molecule has 0 aliphatic carbocycles. The maximum absolute atomic E-state index is 4.54. The highest BCUT2D eigenvalue weighted by Gasteiger charge is 2.08. The largest absolute Gasteiger partial charge is 0.359 e. The molecule has 0 saturated carbocycles. The number of rotatable bonds is 6. The van der Waals surface area contributed by atoms with E-state index in [4.69, 9.17) is 0 Å². The van der Waals surface area contributed by atoms with Gasteiger partial charge in [-0.3, -0.25) is 0 Å². The van der Waals surface area contributed by atoms with Crippen LogP contribution < -0.4 is 10.2 Å². The molecule has 0 aromatic carbocycles. The van der Waals surface area contributed by atoms with Gasteiger partial charge in [-0.1, -0.05) is 13.8 Å². The van der Waals surface area contributed by atoms with Gasteiger partial charge < -0.3 is 10.2 Å². The van der Waals surface area contributed by atoms with E-state index in [0.717, 1.165) is 24.5 Å². The Kier molecular flexibility index (Phi) is 5.19. The van der Waals surface area contributed by atoms with Crippen molar-refractivity contribution in [1.29, 1.82) is 0 Å². The van der Waals surface area contributed by atoms with Crippen molar-refractivity contribution in [2.24, 2.45) is 5.92 Å². The molecule has 96 valence electrons. The molecular formula is C13H24N4. The van der Waals surface area contributed by atoms with E-state index in [-0.39, 0.29) is 0 Å². The molecule has 0 saturated heterocycles. The van der Waals surface area contributed by atoms with Gasteiger partial charge in [0.25, 0.3) is 0 Å². The Morgan fingerprint density at radius 3 is 2.71 bits per heavy atom. The van der Waals surface area contributed by atoms with Gasteiger partial charge in [-0.2, -0.15) is 4.98 Å². The first-order chi connectivity index (χ1) is 8.04. The van der Waals surface area contributed by atoms with Crippen molar-refractivity contribution >= 4 is 11.8 Å². The van der Waals surface area contributed by atoms with Crippen molar-refractivity contribution in [3.8, 4) is 0 Å². The van der Waals surface area contributed by atoms with E-state index >= 15 is 0 Å². The van der Waals surface area contributed by atoms with Gasteiger partial charge in [0.15, 0.2) is 0 Å². The van der Waals surface area contributed by atoms with Crippen LogP contribution in [0.1, 0.15) is 32.8 Å². The zero-order valence-corrected chi connectivity index (χ0v) is 11.6. The Morgan fingerprint density at radius 2 is 2.12 bits per heavy atom. The van der Waals surface area contributed by atoms with Gasteiger partial charge in [0.05, 0.1) is 0 Å². The van der Waals surface area contributed by atoms with E-state index in [1.807, 2.05) is 13.1 Å². The number of aromatic nitrogens is 2. The zero-order valence-electron chi connectivity index (χ0n) is 11.6. The maximum Gasteiger partial charge on any atom is 0.224 e. The van der Waals surface area contributed by atoms with Gasteiger partial charge in [-0.15, -0.1) is 0 Å². The van der Waals surface area contributed by atoms with Crippen molar-refractivity contribution in [3.63, 3.8) is 0 Å². The van der Waals surface area contributed by atoms with Gasteiger partial charge in [0, 0.05) is 31.9 Å². The van der Waals surface area contributed by atoms with Crippen LogP contribution >= 0.6 is 0 Å². The molecular weight excluding hydrogens is 212 g/mol. The second kappa shape index (κ2) is 6.42. The third-order valence-corrected chi connectivity index (χ3v) is 2.68. The van der Waals surface area contributed by atoms with Crippen LogP contribution in [0.2, 0.25) is 0 Å². The van der Waals surface area contributed by atoms with Crippen LogP contribution in [-0.4, -0.2) is 30.1 Å². The standard InChI is InChI=1S/C13H24N4/c1-6-14-13-15-9-11(4)12(16-13)17(5)8-7-10(2)3/h9-10H,6-8H2,1-5H3,(H,14,15,16). The molecule has 1 aromatic heterocycles. The van der Waals surface area contributed by atoms with Crippen molar-refractivity contribution in [2.45, 2.75) is 34.1 Å². The van der Waals surface area contributed by atoms with Crippen LogP contribution in [0.25, 0.3) is 0 Å². The highest BCUT2D eigenvalue weighted by molar-refractivity contribution is 5.48. The lowest BCUT2D eigenvalue weighted by Crippen LogP contribution is -2.22. The summed E-state index contributed by atoms with van der Waals surface area (Å²) in [7, 11) is 2.09. The highest BCUT2D eigenvalue weighted by atomic mass is 15.2. The fourth-order valence-corrected chi connectivity index (χ4v) is 1.62. The van der Waals surface area contributed by atoms with Crippen LogP contribution in [0.4, 0.5) is 11.8 Å². The monoisotopic (exact) mass is 236 g/mol. The van der Waals surface area contributed by atoms with Crippen LogP contribution in [-0.2, 0) is 0 Å². The van der Waals surface area contributed by atoms with Crippen molar-refractivity contribution in [2.75, 3.05) is 30.4 Å². The van der Waals surface area contributed by atoms with E-state index in [2.05, 4.69) is 48.0 Å². The van der Waals surface area contributed by atoms with E-state index in [1.165, 1.54) is 6.42 Å². The van der Waals surface area contributed by atoms with Crippen LogP contribution in [0.3, 0.4) is 0 Å². The van der Waals surface area contributed by atoms with Crippen molar-refractivity contribution in [1.82, 2.24) is 9.97 Å². The lowest BCUT2D eigenvalue weighted by atomic mass is 10.1. The predicted octanol–water partition coefficient (Wildman–Crippen LogP) is 2.70. The van der Waals surface area contributed by atoms with Crippen LogP contribution in [0.15, 0.2) is 6.20 Å². The summed E-state index contributed by atoms with van der Waals surface area (Å²) in [6.45, 7) is 10.5. The predicted molar refractivity (Wildman–Crippen MR) is 73.7 cm³/mol. The van der Waals surface area contributed by atoms with Gasteiger partial charge in [0.1, 0.15) is 5.82 Å². The lowest BCUT2D eigenvalue weighted by Gasteiger charge is -2.21. The molecule has 0 fully saturated rings. The topological polar surface area (TPSA) is 41.1 Å². The number of anilines is 2. The Balaban J connectivity index is 2.76. The molecule has 1 N–H and O–H groups in total. The first-order valence-corrected chi connectivity index (χ1v) is 6.33. The van der Waals surface area contributed by atoms with Crippen molar-refractivity contribution < 1.29 is 0 Å². The van der Waals surface area contributed by atoms with Crippen LogP contribution in [0.5, 0.6) is 0 Å². The number of hydrogen-bond donors (Lipinski definition) is 1. The molecule has 4 heteroatoms. The Bertz CT molecular complexity index is 349. The molecule has 4 nitrogen and oxygen atoms in total. The second-order valence-electron chi connectivity index (χ2n) is 4.83. The molecule has 0 aliphatic heterocycles. The summed E-state index contributed by atoms with van der Waals surface area (Å²) >= 11 is 0. The normalized spacial score (nSPS) is 10.7. The van der Waals surface area contributed by atoms with Gasteiger partial charge in [-0.25, -0.2) is 4.98 Å². The minimum atomic E-state index is 0.712. The van der Waals surface area contributed by atoms with E-state index < -0.39 is 0 Å². The summed E-state index contributed by atoms with van der Waals surface area (Å²) in [6, 6.07) is 0. The molecule has 0 bridgehead atoms. The molecule has 0 amide bonds. The molecule has 1 heterocycles. The summed E-state index contributed by atoms with van der Waals surface area (Å²) < 4.78 is 0. The third kappa shape index (κ3) is 4.21. The fraction of sp³-hybridized carbons (Fsp3) is 0.692. The number of nitrogens with one attached hydrogen (secondary N) is 1.